The van der Waals surface area contributed by atoms with Gasteiger partial charge < -0.3 is 24.1 Å². The maximum Gasteiger partial charge on any atom is 0.193 e. The molecule has 5 heteroatoms. The summed E-state index contributed by atoms with van der Waals surface area (Å²) in [5.41, 5.74) is 1.04. The molecule has 3 rings (SSSR count). The smallest absolute Gasteiger partial charge is 0.193 e. The summed E-state index contributed by atoms with van der Waals surface area (Å²) in [5.74, 6) is -0.705. The molecule has 0 saturated carbocycles. The topological polar surface area (TPSA) is 57.2 Å². The predicted octanol–water partition coefficient (Wildman–Crippen LogP) is 1.40. The van der Waals surface area contributed by atoms with Crippen molar-refractivity contribution in [3.05, 3.63) is 35.9 Å². The van der Waals surface area contributed by atoms with Gasteiger partial charge in [0, 0.05) is 0 Å². The highest BCUT2D eigenvalue weighted by molar-refractivity contribution is 5.13. The minimum Gasteiger partial charge on any atom is -0.366 e. The molecule has 1 unspecified atom stereocenters. The molecule has 2 fully saturated rings. The Kier molecular flexibility index (Phi) is 3.32. The van der Waals surface area contributed by atoms with Crippen LogP contribution >= 0.6 is 0 Å². The first-order chi connectivity index (χ1) is 9.05. The van der Waals surface area contributed by atoms with E-state index < -0.39 is 30.6 Å². The Morgan fingerprint density at radius 1 is 1.21 bits per heavy atom. The van der Waals surface area contributed by atoms with E-state index in [0.29, 0.717) is 6.61 Å². The van der Waals surface area contributed by atoms with Crippen LogP contribution in [-0.4, -0.2) is 35.7 Å². The first-order valence-corrected chi connectivity index (χ1v) is 6.40. The van der Waals surface area contributed by atoms with Gasteiger partial charge in [-0.2, -0.15) is 0 Å². The van der Waals surface area contributed by atoms with E-state index in [0.717, 1.165) is 5.56 Å². The minimum absolute atomic E-state index is 0.395. The molecule has 2 aliphatic rings. The zero-order chi connectivity index (χ0) is 13.5. The second kappa shape index (κ2) is 4.85. The Balaban J connectivity index is 1.64. The van der Waals surface area contributed by atoms with Crippen molar-refractivity contribution >= 4 is 0 Å². The fraction of sp³-hybridized carbons (Fsp3) is 0.571. The average Bonchev–Trinajstić information content (AvgIpc) is 2.79. The molecule has 2 aliphatic heterocycles. The molecule has 1 aromatic carbocycles. The van der Waals surface area contributed by atoms with Gasteiger partial charge in [-0.15, -0.1) is 0 Å². The zero-order valence-corrected chi connectivity index (χ0v) is 11.0. The molecule has 4 atom stereocenters. The van der Waals surface area contributed by atoms with Crippen molar-refractivity contribution in [3.8, 4) is 0 Å². The van der Waals surface area contributed by atoms with Crippen molar-refractivity contribution in [3.63, 3.8) is 0 Å². The summed E-state index contributed by atoms with van der Waals surface area (Å²) in [4.78, 5) is 0. The van der Waals surface area contributed by atoms with Gasteiger partial charge in [-0.3, -0.25) is 0 Å². The van der Waals surface area contributed by atoms with Gasteiger partial charge in [0.15, 0.2) is 18.4 Å². The number of hydrogen-bond donors (Lipinski definition) is 1. The second-order valence-electron chi connectivity index (χ2n) is 5.26. The fourth-order valence-electron chi connectivity index (χ4n) is 2.41. The largest absolute Gasteiger partial charge is 0.366 e. The number of fused-ring (bicyclic) bond motifs is 1. The molecule has 1 N–H and O–H groups in total. The molecule has 0 bridgehead atoms. The van der Waals surface area contributed by atoms with Crippen LogP contribution in [0.1, 0.15) is 19.4 Å². The molecule has 0 spiro atoms. The van der Waals surface area contributed by atoms with E-state index in [9.17, 15) is 5.11 Å². The summed E-state index contributed by atoms with van der Waals surface area (Å²) >= 11 is 0. The second-order valence-corrected chi connectivity index (χ2v) is 5.26. The Morgan fingerprint density at radius 3 is 2.68 bits per heavy atom. The van der Waals surface area contributed by atoms with Gasteiger partial charge in [-0.25, -0.2) is 0 Å². The molecular formula is C14H18O5. The van der Waals surface area contributed by atoms with Crippen LogP contribution in [0.15, 0.2) is 30.3 Å². The molecule has 104 valence electrons. The van der Waals surface area contributed by atoms with Gasteiger partial charge in [0.1, 0.15) is 12.2 Å². The van der Waals surface area contributed by atoms with Gasteiger partial charge in [0.05, 0.1) is 6.61 Å². The van der Waals surface area contributed by atoms with Crippen molar-refractivity contribution < 1.29 is 24.1 Å². The van der Waals surface area contributed by atoms with Crippen LogP contribution in [-0.2, 0) is 25.6 Å². The lowest BCUT2D eigenvalue weighted by Gasteiger charge is -2.23. The van der Waals surface area contributed by atoms with E-state index in [1.807, 2.05) is 44.2 Å². The lowest BCUT2D eigenvalue weighted by atomic mass is 10.2. The standard InChI is InChI=1S/C14H18O5/c1-14(2)18-11-10(12(15)17-13(11)19-14)16-8-9-6-4-3-5-7-9/h3-7,10-13,15H,8H2,1-2H3/t10-,11?,12+,13+/m1/s1. The summed E-state index contributed by atoms with van der Waals surface area (Å²) in [6.45, 7) is 4.03. The van der Waals surface area contributed by atoms with Gasteiger partial charge in [-0.05, 0) is 19.4 Å². The Hall–Kier alpha value is -0.980. The molecule has 1 aromatic rings. The molecule has 19 heavy (non-hydrogen) atoms. The highest BCUT2D eigenvalue weighted by atomic mass is 16.9. The minimum atomic E-state index is -1.02. The molecule has 0 amide bonds. The Bertz CT molecular complexity index is 433. The number of aliphatic hydroxyl groups is 1. The van der Waals surface area contributed by atoms with Crippen LogP contribution in [0.2, 0.25) is 0 Å². The molecule has 0 aromatic heterocycles. The maximum atomic E-state index is 9.84. The highest BCUT2D eigenvalue weighted by Crippen LogP contribution is 2.38. The monoisotopic (exact) mass is 266 g/mol. The quantitative estimate of drug-likeness (QED) is 0.896. The summed E-state index contributed by atoms with van der Waals surface area (Å²) in [5, 5.41) is 9.84. The van der Waals surface area contributed by atoms with Gasteiger partial charge in [-0.1, -0.05) is 30.3 Å². The lowest BCUT2D eigenvalue weighted by molar-refractivity contribution is -0.254. The normalized spacial score (nSPS) is 36.4. The van der Waals surface area contributed by atoms with E-state index in [-0.39, 0.29) is 0 Å². The van der Waals surface area contributed by atoms with Crippen LogP contribution in [0.4, 0.5) is 0 Å². The first kappa shape index (κ1) is 13.0. The van der Waals surface area contributed by atoms with Gasteiger partial charge in [0.25, 0.3) is 0 Å². The van der Waals surface area contributed by atoms with Crippen molar-refractivity contribution in [2.75, 3.05) is 0 Å². The number of rotatable bonds is 3. The summed E-state index contributed by atoms with van der Waals surface area (Å²) in [7, 11) is 0. The van der Waals surface area contributed by atoms with Crippen molar-refractivity contribution in [1.29, 1.82) is 0 Å². The van der Waals surface area contributed by atoms with Crippen molar-refractivity contribution in [1.82, 2.24) is 0 Å². The molecular weight excluding hydrogens is 248 g/mol. The third-order valence-corrected chi connectivity index (χ3v) is 3.25. The van der Waals surface area contributed by atoms with Crippen LogP contribution in [0.3, 0.4) is 0 Å². The highest BCUT2D eigenvalue weighted by Gasteiger charge is 2.55. The SMILES string of the molecule is CC1(C)OC2[C@@H](O[C@H](O)[C@@H]2OCc2ccccc2)O1. The summed E-state index contributed by atoms with van der Waals surface area (Å²) in [6, 6.07) is 9.78. The van der Waals surface area contributed by atoms with Crippen molar-refractivity contribution in [2.24, 2.45) is 0 Å². The third-order valence-electron chi connectivity index (χ3n) is 3.25. The van der Waals surface area contributed by atoms with E-state index in [1.54, 1.807) is 0 Å². The lowest BCUT2D eigenvalue weighted by Crippen LogP contribution is -2.36. The first-order valence-electron chi connectivity index (χ1n) is 6.40. The number of aliphatic hydroxyl groups excluding tert-OH is 1. The zero-order valence-electron chi connectivity index (χ0n) is 11.0. The maximum absolute atomic E-state index is 9.84. The van der Waals surface area contributed by atoms with Crippen LogP contribution in [0, 0.1) is 0 Å². The van der Waals surface area contributed by atoms with Crippen molar-refractivity contribution in [2.45, 2.75) is 51.0 Å². The molecule has 2 saturated heterocycles. The van der Waals surface area contributed by atoms with E-state index in [4.69, 9.17) is 18.9 Å². The number of ether oxygens (including phenoxy) is 4. The number of benzene rings is 1. The fourth-order valence-corrected chi connectivity index (χ4v) is 2.41. The van der Waals surface area contributed by atoms with Gasteiger partial charge in [0.2, 0.25) is 0 Å². The van der Waals surface area contributed by atoms with Gasteiger partial charge >= 0.3 is 0 Å². The third kappa shape index (κ3) is 2.66. The Labute approximate surface area is 112 Å². The van der Waals surface area contributed by atoms with E-state index in [1.165, 1.54) is 0 Å². The van der Waals surface area contributed by atoms with E-state index in [2.05, 4.69) is 0 Å². The molecule has 2 heterocycles. The van der Waals surface area contributed by atoms with Crippen LogP contribution in [0.25, 0.3) is 0 Å². The van der Waals surface area contributed by atoms with Crippen LogP contribution < -0.4 is 0 Å². The number of hydrogen-bond acceptors (Lipinski definition) is 5. The Morgan fingerprint density at radius 2 is 1.95 bits per heavy atom. The average molecular weight is 266 g/mol. The molecule has 0 radical (unpaired) electrons. The molecule has 5 nitrogen and oxygen atoms in total. The summed E-state index contributed by atoms with van der Waals surface area (Å²) in [6.07, 6.45) is -2.51. The van der Waals surface area contributed by atoms with E-state index >= 15 is 0 Å². The van der Waals surface area contributed by atoms with Crippen LogP contribution in [0.5, 0.6) is 0 Å². The molecule has 0 aliphatic carbocycles. The predicted molar refractivity (Wildman–Crippen MR) is 65.9 cm³/mol. The summed E-state index contributed by atoms with van der Waals surface area (Å²) < 4.78 is 22.3.